The van der Waals surface area contributed by atoms with Gasteiger partial charge in [0.05, 0.1) is 30.6 Å². The Balaban J connectivity index is 1.10. The average Bonchev–Trinajstić information content (AvgIpc) is 4.07. The number of carbonyl (C=O) groups excluding carboxylic acids is 4. The zero-order chi connectivity index (χ0) is 57.0. The number of likely N-dealkylation sites (tertiary alicyclic amines) is 1. The number of phenols is 1. The van der Waals surface area contributed by atoms with Crippen LogP contribution >= 0.6 is 0 Å². The fourth-order valence-corrected chi connectivity index (χ4v) is 12.2. The molecule has 4 aliphatic rings. The van der Waals surface area contributed by atoms with E-state index in [2.05, 4.69) is 71.0 Å². The summed E-state index contributed by atoms with van der Waals surface area (Å²) in [5.41, 5.74) is 17.5. The molecule has 0 saturated carbocycles. The van der Waals surface area contributed by atoms with Gasteiger partial charge in [0.2, 0.25) is 5.91 Å². The number of carbonyl (C=O) groups is 4. The zero-order valence-electron chi connectivity index (χ0n) is 47.7. The number of methoxy groups -OCH3 is 1. The number of aromatic hydroxyl groups is 1. The molecule has 9 rings (SSSR count). The number of cyclic esters (lactones) is 1. The minimum Gasteiger partial charge on any atom is -0.508 e. The number of fused-ring (bicyclic) bond motifs is 6. The number of nitrogens with one attached hydrogen (secondary N) is 2. The second kappa shape index (κ2) is 24.9. The van der Waals surface area contributed by atoms with Gasteiger partial charge in [0, 0.05) is 92.1 Å². The third kappa shape index (κ3) is 12.7. The van der Waals surface area contributed by atoms with Crippen LogP contribution in [-0.2, 0) is 52.8 Å². The molecule has 4 aliphatic heterocycles. The summed E-state index contributed by atoms with van der Waals surface area (Å²) >= 11 is 0. The van der Waals surface area contributed by atoms with Crippen molar-refractivity contribution in [1.82, 2.24) is 35.1 Å². The van der Waals surface area contributed by atoms with Crippen molar-refractivity contribution in [2.45, 2.75) is 129 Å². The number of nitrogens with two attached hydrogens (primary N) is 1. The van der Waals surface area contributed by atoms with E-state index in [4.69, 9.17) is 24.9 Å². The standard InChI is InChI=1S/C63H80N8O9/c1-9-70-54-19-16-44-33-49(54)51(57(70)50-30-41(35-65-55(50)39(4)78-8)12-10-23-69-25-20-40(36-72)21-26-69)34-63(5,6)37-80-62(77)52-13-11-24-71(67-52)60(75)53(31-42-28-45(44)32-47(73)29-42)66-59(74)56(38(2)3)68(7)61(76)58-48(22-27-79-58)43-14-17-46(64)18-15-43/h14-19,28-30,32-33,35,38-40,48,52-53,56,58,67,72-73H,9,11,13,20-27,31,34,36-37,64H2,1-8H3,(H,66,74). The van der Waals surface area contributed by atoms with Crippen molar-refractivity contribution >= 4 is 40.3 Å². The number of rotatable bonds is 12. The maximum atomic E-state index is 15.0. The number of hydrazine groups is 1. The quantitative estimate of drug-likeness (QED) is 0.0478. The number of aryl methyl sites for hydroxylation is 1. The van der Waals surface area contributed by atoms with Gasteiger partial charge in [-0.1, -0.05) is 63.8 Å². The minimum atomic E-state index is -1.19. The summed E-state index contributed by atoms with van der Waals surface area (Å²) in [6.07, 6.45) is 4.52. The van der Waals surface area contributed by atoms with Crippen LogP contribution in [0.25, 0.3) is 33.3 Å². The number of ether oxygens (including phenoxy) is 3. The van der Waals surface area contributed by atoms with Crippen molar-refractivity contribution in [3.63, 3.8) is 0 Å². The third-order valence-electron chi connectivity index (χ3n) is 16.6. The first kappa shape index (κ1) is 57.9. The van der Waals surface area contributed by atoms with Crippen LogP contribution in [-0.4, -0.2) is 143 Å². The SMILES string of the molecule is CCn1c(-c2cc(C#CCN3CCC(CO)CC3)cnc2C(C)OC)c2c3cc(ccc31)-c1cc(O)cc(c1)CC(NC(=O)C(C(C)C)N(C)C(=O)C1OCCC1c1ccc(N)cc1)C(=O)N1CCCC(N1)C(=O)OCC(C)(C)C2. The Morgan fingerprint density at radius 3 is 2.48 bits per heavy atom. The van der Waals surface area contributed by atoms with Gasteiger partial charge in [-0.15, -0.1) is 0 Å². The van der Waals surface area contributed by atoms with Gasteiger partial charge in [-0.2, -0.15) is 0 Å². The van der Waals surface area contributed by atoms with E-state index in [0.717, 1.165) is 76.0 Å². The van der Waals surface area contributed by atoms with Crippen LogP contribution in [0, 0.1) is 29.1 Å². The van der Waals surface area contributed by atoms with Gasteiger partial charge in [0.15, 0.2) is 0 Å². The Labute approximate surface area is 470 Å². The number of pyridine rings is 1. The number of nitrogen functional groups attached to an aromatic ring is 1. The Morgan fingerprint density at radius 1 is 1.00 bits per heavy atom. The number of piperidine rings is 1. The summed E-state index contributed by atoms with van der Waals surface area (Å²) in [6.45, 7) is 15.9. The number of phenolic OH excluding ortho intramolecular Hbond substituents is 1. The van der Waals surface area contributed by atoms with Crippen molar-refractivity contribution in [1.29, 1.82) is 0 Å². The molecule has 426 valence electrons. The van der Waals surface area contributed by atoms with Crippen molar-refractivity contribution in [3.8, 4) is 40.0 Å². The molecule has 0 spiro atoms. The number of hydrogen-bond donors (Lipinski definition) is 5. The first-order valence-electron chi connectivity index (χ1n) is 28.5. The molecule has 2 aromatic heterocycles. The van der Waals surface area contributed by atoms with Crippen molar-refractivity contribution in [3.05, 3.63) is 101 Å². The molecule has 3 saturated heterocycles. The van der Waals surface area contributed by atoms with E-state index in [1.165, 1.54) is 9.91 Å². The number of aliphatic hydroxyl groups is 1. The number of aliphatic hydroxyl groups excluding tert-OH is 1. The van der Waals surface area contributed by atoms with Crippen LogP contribution in [0.4, 0.5) is 5.69 Å². The highest BCUT2D eigenvalue weighted by atomic mass is 16.5. The van der Waals surface area contributed by atoms with Crippen molar-refractivity contribution in [2.24, 2.45) is 17.3 Å². The number of hydrogen-bond acceptors (Lipinski definition) is 13. The van der Waals surface area contributed by atoms with Gasteiger partial charge in [-0.3, -0.25) is 34.1 Å². The molecule has 3 fully saturated rings. The Morgan fingerprint density at radius 2 is 1.76 bits per heavy atom. The van der Waals surface area contributed by atoms with Crippen molar-refractivity contribution in [2.75, 3.05) is 65.9 Å². The Kier molecular flexibility index (Phi) is 18.0. The van der Waals surface area contributed by atoms with Gasteiger partial charge in [-0.25, -0.2) is 5.43 Å². The number of esters is 1. The second-order valence-electron chi connectivity index (χ2n) is 23.4. The molecular weight excluding hydrogens is 1010 g/mol. The molecule has 0 aliphatic carbocycles. The molecule has 5 aromatic rings. The summed E-state index contributed by atoms with van der Waals surface area (Å²) in [5, 5.41) is 26.6. The van der Waals surface area contributed by atoms with Gasteiger partial charge in [0.1, 0.15) is 30.0 Å². The lowest BCUT2D eigenvalue weighted by atomic mass is 9.84. The molecule has 6 heterocycles. The summed E-state index contributed by atoms with van der Waals surface area (Å²) in [4.78, 5) is 67.2. The summed E-state index contributed by atoms with van der Waals surface area (Å²) in [6, 6.07) is 18.0. The van der Waals surface area contributed by atoms with E-state index in [-0.39, 0.29) is 55.8 Å². The predicted octanol–water partition coefficient (Wildman–Crippen LogP) is 7.15. The summed E-state index contributed by atoms with van der Waals surface area (Å²) in [5.74, 6) is 4.66. The van der Waals surface area contributed by atoms with Crippen LogP contribution in [0.2, 0.25) is 0 Å². The number of aromatic nitrogens is 2. The Hall–Kier alpha value is -6.81. The maximum absolute atomic E-state index is 15.0. The van der Waals surface area contributed by atoms with Gasteiger partial charge in [0.25, 0.3) is 11.8 Å². The van der Waals surface area contributed by atoms with E-state index in [1.54, 1.807) is 38.4 Å². The molecule has 3 aromatic carbocycles. The number of likely N-dealkylation sites (N-methyl/N-ethyl adjacent to an activating group) is 1. The topological polar surface area (TPSA) is 214 Å². The molecule has 17 heteroatoms. The fraction of sp³-hybridized carbons (Fsp3) is 0.508. The second-order valence-corrected chi connectivity index (χ2v) is 23.4. The van der Waals surface area contributed by atoms with E-state index in [0.29, 0.717) is 68.1 Å². The maximum Gasteiger partial charge on any atom is 0.324 e. The summed E-state index contributed by atoms with van der Waals surface area (Å²) in [7, 11) is 3.27. The van der Waals surface area contributed by atoms with Gasteiger partial charge >= 0.3 is 5.97 Å². The summed E-state index contributed by atoms with van der Waals surface area (Å²) < 4.78 is 20.6. The van der Waals surface area contributed by atoms with E-state index in [9.17, 15) is 29.4 Å². The van der Waals surface area contributed by atoms with E-state index < -0.39 is 47.4 Å². The smallest absolute Gasteiger partial charge is 0.324 e. The molecule has 80 heavy (non-hydrogen) atoms. The molecule has 6 bridgehead atoms. The van der Waals surface area contributed by atoms with Crippen molar-refractivity contribution < 1.29 is 43.6 Å². The lowest BCUT2D eigenvalue weighted by Crippen LogP contribution is -2.62. The third-order valence-corrected chi connectivity index (χ3v) is 16.6. The van der Waals surface area contributed by atoms with Crippen LogP contribution in [0.1, 0.15) is 114 Å². The molecule has 17 nitrogen and oxygen atoms in total. The number of nitrogens with zero attached hydrogens (tertiary/aromatic N) is 5. The monoisotopic (exact) mass is 1090 g/mol. The molecule has 0 radical (unpaired) electrons. The first-order valence-corrected chi connectivity index (χ1v) is 28.5. The lowest BCUT2D eigenvalue weighted by Gasteiger charge is -2.37. The highest BCUT2D eigenvalue weighted by molar-refractivity contribution is 5.96. The number of amides is 3. The number of anilines is 1. The van der Waals surface area contributed by atoms with Crippen LogP contribution in [0.15, 0.2) is 72.9 Å². The largest absolute Gasteiger partial charge is 0.508 e. The Bertz CT molecular complexity index is 3140. The highest BCUT2D eigenvalue weighted by Crippen LogP contribution is 2.43. The fourth-order valence-electron chi connectivity index (χ4n) is 12.2. The molecule has 6 N–H and O–H groups in total. The average molecular weight is 1090 g/mol. The van der Waals surface area contributed by atoms with E-state index in [1.807, 2.05) is 51.2 Å². The van der Waals surface area contributed by atoms with Crippen LogP contribution in [0.5, 0.6) is 5.75 Å². The number of benzene rings is 3. The first-order chi connectivity index (χ1) is 38.4. The van der Waals surface area contributed by atoms with Crippen LogP contribution < -0.4 is 16.5 Å². The lowest BCUT2D eigenvalue weighted by molar-refractivity contribution is -0.155. The highest BCUT2D eigenvalue weighted by Gasteiger charge is 2.42. The molecular formula is C63H80N8O9. The van der Waals surface area contributed by atoms with Crippen LogP contribution in [0.3, 0.4) is 0 Å². The van der Waals surface area contributed by atoms with Gasteiger partial charge in [-0.05, 0) is 148 Å². The minimum absolute atomic E-state index is 0.0222. The predicted molar refractivity (Wildman–Crippen MR) is 308 cm³/mol. The molecule has 6 unspecified atom stereocenters. The van der Waals surface area contributed by atoms with E-state index >= 15 is 0 Å². The molecule has 6 atom stereocenters. The van der Waals surface area contributed by atoms with Gasteiger partial charge < -0.3 is 44.9 Å². The zero-order valence-corrected chi connectivity index (χ0v) is 47.7. The molecule has 3 amide bonds. The normalized spacial score (nSPS) is 21.8.